The van der Waals surface area contributed by atoms with E-state index in [4.69, 9.17) is 30.5 Å². The third-order valence-electron chi connectivity index (χ3n) is 4.76. The number of ether oxygens (including phenoxy) is 4. The van der Waals surface area contributed by atoms with Crippen molar-refractivity contribution >= 4 is 11.6 Å². The molecule has 0 atom stereocenters. The maximum Gasteiger partial charge on any atom is 0.231 e. The zero-order chi connectivity index (χ0) is 21.6. The highest BCUT2D eigenvalue weighted by Crippen LogP contribution is 2.37. The highest BCUT2D eigenvalue weighted by Gasteiger charge is 2.15. The maximum atomic E-state index is 13.1. The Morgan fingerprint density at radius 1 is 0.903 bits per heavy atom. The van der Waals surface area contributed by atoms with Crippen molar-refractivity contribution in [3.05, 3.63) is 82.1 Å². The Morgan fingerprint density at radius 2 is 1.65 bits per heavy atom. The van der Waals surface area contributed by atoms with Gasteiger partial charge in [-0.25, -0.2) is 4.39 Å². The summed E-state index contributed by atoms with van der Waals surface area (Å²) in [4.78, 5) is 0. The summed E-state index contributed by atoms with van der Waals surface area (Å²) in [5, 5.41) is 3.87. The molecular weight excluding hydrogens is 421 g/mol. The molecule has 3 aromatic rings. The summed E-state index contributed by atoms with van der Waals surface area (Å²) in [6, 6.07) is 15.8. The third-order valence-corrected chi connectivity index (χ3v) is 5.04. The first-order valence-corrected chi connectivity index (χ1v) is 10.4. The fraction of sp³-hybridized carbons (Fsp3) is 0.250. The highest BCUT2D eigenvalue weighted by molar-refractivity contribution is 6.32. The monoisotopic (exact) mass is 443 g/mol. The van der Waals surface area contributed by atoms with E-state index in [1.807, 2.05) is 37.3 Å². The molecule has 0 radical (unpaired) electrons. The van der Waals surface area contributed by atoms with Crippen LogP contribution in [0.2, 0.25) is 5.02 Å². The van der Waals surface area contributed by atoms with Crippen LogP contribution in [0.15, 0.2) is 54.6 Å². The van der Waals surface area contributed by atoms with Crippen LogP contribution in [0, 0.1) is 5.82 Å². The van der Waals surface area contributed by atoms with Crippen molar-refractivity contribution in [3.63, 3.8) is 0 Å². The summed E-state index contributed by atoms with van der Waals surface area (Å²) in [6.45, 7) is 4.19. The molecule has 5 nitrogen and oxygen atoms in total. The molecule has 0 saturated carbocycles. The summed E-state index contributed by atoms with van der Waals surface area (Å²) in [5.41, 5.74) is 2.91. The van der Waals surface area contributed by atoms with Crippen LogP contribution in [0.5, 0.6) is 23.0 Å². The highest BCUT2D eigenvalue weighted by atomic mass is 35.5. The second-order valence-corrected chi connectivity index (χ2v) is 7.45. The predicted octanol–water partition coefficient (Wildman–Crippen LogP) is 5.48. The molecule has 3 aromatic carbocycles. The van der Waals surface area contributed by atoms with Crippen LogP contribution in [-0.2, 0) is 19.7 Å². The van der Waals surface area contributed by atoms with Crippen LogP contribution in [0.3, 0.4) is 0 Å². The standard InChI is InChI=1S/C24H23ClFNO4/c1-2-28-23-11-18(13-27-12-17-5-8-21-22(10-17)31-15-30-21)9-20(25)24(23)29-14-16-3-6-19(26)7-4-16/h3-11,27H,2,12-15H2,1H3. The van der Waals surface area contributed by atoms with E-state index < -0.39 is 0 Å². The molecule has 0 aromatic heterocycles. The van der Waals surface area contributed by atoms with E-state index in [1.165, 1.54) is 12.1 Å². The van der Waals surface area contributed by atoms with Gasteiger partial charge >= 0.3 is 0 Å². The maximum absolute atomic E-state index is 13.1. The first-order chi connectivity index (χ1) is 15.1. The molecule has 7 heteroatoms. The van der Waals surface area contributed by atoms with Gasteiger partial charge in [0.15, 0.2) is 23.0 Å². The second kappa shape index (κ2) is 9.90. The van der Waals surface area contributed by atoms with E-state index in [0.29, 0.717) is 36.2 Å². The Kier molecular flexibility index (Phi) is 6.79. The fourth-order valence-electron chi connectivity index (χ4n) is 3.26. The normalized spacial score (nSPS) is 12.1. The van der Waals surface area contributed by atoms with Crippen LogP contribution < -0.4 is 24.3 Å². The average Bonchev–Trinajstić information content (AvgIpc) is 3.23. The molecule has 4 rings (SSSR count). The third kappa shape index (κ3) is 5.40. The molecule has 0 saturated heterocycles. The lowest BCUT2D eigenvalue weighted by Crippen LogP contribution is -2.13. The topological polar surface area (TPSA) is 49.0 Å². The molecule has 0 amide bonds. The molecule has 1 N–H and O–H groups in total. The van der Waals surface area contributed by atoms with Crippen molar-refractivity contribution in [1.29, 1.82) is 0 Å². The summed E-state index contributed by atoms with van der Waals surface area (Å²) in [7, 11) is 0. The predicted molar refractivity (Wildman–Crippen MR) is 116 cm³/mol. The average molecular weight is 444 g/mol. The van der Waals surface area contributed by atoms with E-state index in [0.717, 1.165) is 28.2 Å². The van der Waals surface area contributed by atoms with Crippen LogP contribution in [0.4, 0.5) is 4.39 Å². The van der Waals surface area contributed by atoms with Gasteiger partial charge in [0.1, 0.15) is 12.4 Å². The van der Waals surface area contributed by atoms with Gasteiger partial charge in [-0.3, -0.25) is 0 Å². The molecule has 31 heavy (non-hydrogen) atoms. The zero-order valence-electron chi connectivity index (χ0n) is 17.1. The van der Waals surface area contributed by atoms with Crippen molar-refractivity contribution < 1.29 is 23.3 Å². The number of fused-ring (bicyclic) bond motifs is 1. The first-order valence-electron chi connectivity index (χ1n) is 10.0. The van der Waals surface area contributed by atoms with E-state index in [2.05, 4.69) is 5.32 Å². The number of benzene rings is 3. The Labute approximate surface area is 185 Å². The van der Waals surface area contributed by atoms with Gasteiger partial charge in [-0.2, -0.15) is 0 Å². The van der Waals surface area contributed by atoms with Crippen LogP contribution in [-0.4, -0.2) is 13.4 Å². The van der Waals surface area contributed by atoms with Gasteiger partial charge in [-0.15, -0.1) is 0 Å². The van der Waals surface area contributed by atoms with E-state index in [9.17, 15) is 4.39 Å². The molecule has 1 heterocycles. The van der Waals surface area contributed by atoms with Crippen molar-refractivity contribution in [2.75, 3.05) is 13.4 Å². The first kappa shape index (κ1) is 21.3. The van der Waals surface area contributed by atoms with Gasteiger partial charge < -0.3 is 24.3 Å². The number of nitrogens with one attached hydrogen (secondary N) is 1. The Balaban J connectivity index is 1.40. The zero-order valence-corrected chi connectivity index (χ0v) is 17.9. The lowest BCUT2D eigenvalue weighted by Gasteiger charge is -2.16. The molecule has 0 aliphatic carbocycles. The smallest absolute Gasteiger partial charge is 0.231 e. The van der Waals surface area contributed by atoms with Crippen LogP contribution in [0.1, 0.15) is 23.6 Å². The lowest BCUT2D eigenvalue weighted by atomic mass is 10.1. The molecule has 0 spiro atoms. The van der Waals surface area contributed by atoms with Gasteiger partial charge in [0, 0.05) is 13.1 Å². The van der Waals surface area contributed by atoms with Crippen molar-refractivity contribution in [3.8, 4) is 23.0 Å². The minimum atomic E-state index is -0.283. The quantitative estimate of drug-likeness (QED) is 0.475. The Bertz CT molecular complexity index is 1040. The molecule has 1 aliphatic rings. The number of hydrogen-bond donors (Lipinski definition) is 1. The van der Waals surface area contributed by atoms with Crippen molar-refractivity contribution in [2.45, 2.75) is 26.6 Å². The summed E-state index contributed by atoms with van der Waals surface area (Å²) < 4.78 is 35.5. The second-order valence-electron chi connectivity index (χ2n) is 7.04. The molecule has 162 valence electrons. The Morgan fingerprint density at radius 3 is 2.45 bits per heavy atom. The van der Waals surface area contributed by atoms with E-state index in [1.54, 1.807) is 12.1 Å². The SMILES string of the molecule is CCOc1cc(CNCc2ccc3c(c2)OCO3)cc(Cl)c1OCc1ccc(F)cc1. The van der Waals surface area contributed by atoms with Crippen molar-refractivity contribution in [2.24, 2.45) is 0 Å². The van der Waals surface area contributed by atoms with Crippen LogP contribution in [0.25, 0.3) is 0 Å². The van der Waals surface area contributed by atoms with Gasteiger partial charge in [0.05, 0.1) is 11.6 Å². The minimum Gasteiger partial charge on any atom is -0.490 e. The number of hydrogen-bond acceptors (Lipinski definition) is 5. The lowest BCUT2D eigenvalue weighted by molar-refractivity contribution is 0.174. The van der Waals surface area contributed by atoms with Crippen molar-refractivity contribution in [1.82, 2.24) is 5.32 Å². The molecule has 0 unspecified atom stereocenters. The van der Waals surface area contributed by atoms with E-state index in [-0.39, 0.29) is 19.2 Å². The number of rotatable bonds is 9. The van der Waals surface area contributed by atoms with Gasteiger partial charge in [0.25, 0.3) is 0 Å². The minimum absolute atomic E-state index is 0.264. The molecule has 1 aliphatic heterocycles. The summed E-state index contributed by atoms with van der Waals surface area (Å²) in [5.74, 6) is 2.32. The largest absolute Gasteiger partial charge is 0.490 e. The fourth-order valence-corrected chi connectivity index (χ4v) is 3.55. The molecular formula is C24H23ClFNO4. The van der Waals surface area contributed by atoms with Gasteiger partial charge in [-0.1, -0.05) is 29.8 Å². The number of halogens is 2. The van der Waals surface area contributed by atoms with Crippen LogP contribution >= 0.6 is 11.6 Å². The van der Waals surface area contributed by atoms with E-state index >= 15 is 0 Å². The molecule has 0 fully saturated rings. The van der Waals surface area contributed by atoms with Gasteiger partial charge in [-0.05, 0) is 60.0 Å². The van der Waals surface area contributed by atoms with Gasteiger partial charge in [0.2, 0.25) is 6.79 Å². The Hall–Kier alpha value is -2.96. The summed E-state index contributed by atoms with van der Waals surface area (Å²) >= 11 is 6.50. The summed E-state index contributed by atoms with van der Waals surface area (Å²) in [6.07, 6.45) is 0. The molecule has 0 bridgehead atoms.